The van der Waals surface area contributed by atoms with E-state index in [9.17, 15) is 19.7 Å². The summed E-state index contributed by atoms with van der Waals surface area (Å²) in [6, 6.07) is 12.9. The van der Waals surface area contributed by atoms with Crippen molar-refractivity contribution in [1.29, 1.82) is 0 Å². The largest absolute Gasteiger partial charge is 0.355 e. The van der Waals surface area contributed by atoms with Gasteiger partial charge in [-0.1, -0.05) is 12.1 Å². The second-order valence-corrected chi connectivity index (χ2v) is 6.38. The number of nitro benzene ring substituents is 1. The summed E-state index contributed by atoms with van der Waals surface area (Å²) in [7, 11) is 3.25. The maximum absolute atomic E-state index is 12.7. The van der Waals surface area contributed by atoms with Crippen molar-refractivity contribution in [3.05, 3.63) is 87.7 Å². The molecule has 1 aromatic heterocycles. The van der Waals surface area contributed by atoms with E-state index in [1.54, 1.807) is 61.6 Å². The Balaban J connectivity index is 1.68. The first-order chi connectivity index (χ1) is 13.9. The smallest absolute Gasteiger partial charge is 0.269 e. The van der Waals surface area contributed by atoms with Crippen molar-refractivity contribution in [2.45, 2.75) is 6.54 Å². The maximum atomic E-state index is 12.7. The second kappa shape index (κ2) is 8.34. The van der Waals surface area contributed by atoms with Crippen molar-refractivity contribution in [3.8, 4) is 5.69 Å². The lowest BCUT2D eigenvalue weighted by Gasteiger charge is -2.16. The van der Waals surface area contributed by atoms with E-state index in [-0.39, 0.29) is 17.5 Å². The molecule has 148 valence electrons. The summed E-state index contributed by atoms with van der Waals surface area (Å²) in [5.74, 6) is -0.381. The quantitative estimate of drug-likeness (QED) is 0.511. The van der Waals surface area contributed by atoms with Crippen LogP contribution in [-0.4, -0.2) is 45.5 Å². The van der Waals surface area contributed by atoms with Gasteiger partial charge in [0.15, 0.2) is 0 Å². The molecule has 1 heterocycles. The molecule has 0 saturated carbocycles. The van der Waals surface area contributed by atoms with E-state index in [1.807, 2.05) is 0 Å². The highest BCUT2D eigenvalue weighted by atomic mass is 16.6. The molecule has 0 aliphatic carbocycles. The first-order valence-corrected chi connectivity index (χ1v) is 8.75. The number of nitrogens with one attached hydrogen (secondary N) is 1. The Morgan fingerprint density at radius 2 is 1.76 bits per heavy atom. The Labute approximate surface area is 166 Å². The lowest BCUT2D eigenvalue weighted by Crippen LogP contribution is -2.26. The van der Waals surface area contributed by atoms with Gasteiger partial charge in [-0.2, -0.15) is 5.10 Å². The molecule has 0 atom stereocenters. The minimum atomic E-state index is -0.474. The minimum absolute atomic E-state index is 0.0145. The van der Waals surface area contributed by atoms with Crippen molar-refractivity contribution < 1.29 is 14.5 Å². The molecule has 0 fully saturated rings. The maximum Gasteiger partial charge on any atom is 0.269 e. The standard InChI is InChI=1S/C20H19N5O4/c1-21-19(26)15-5-3-14(4-6-15)12-23(2)20(27)16-11-22-24(13-16)17-7-9-18(10-8-17)25(28)29/h3-11,13H,12H2,1-2H3,(H,21,26). The summed E-state index contributed by atoms with van der Waals surface area (Å²) in [4.78, 5) is 36.1. The fraction of sp³-hybridized carbons (Fsp3) is 0.150. The number of carbonyl (C=O) groups is 2. The van der Waals surface area contributed by atoms with Gasteiger partial charge in [-0.25, -0.2) is 4.68 Å². The first-order valence-electron chi connectivity index (χ1n) is 8.75. The van der Waals surface area contributed by atoms with Gasteiger partial charge in [-0.3, -0.25) is 19.7 Å². The lowest BCUT2D eigenvalue weighted by molar-refractivity contribution is -0.384. The Morgan fingerprint density at radius 3 is 2.34 bits per heavy atom. The molecule has 29 heavy (non-hydrogen) atoms. The molecule has 9 nitrogen and oxygen atoms in total. The molecule has 2 amide bonds. The fourth-order valence-corrected chi connectivity index (χ4v) is 2.77. The summed E-state index contributed by atoms with van der Waals surface area (Å²) in [6.07, 6.45) is 3.03. The zero-order valence-electron chi connectivity index (χ0n) is 15.9. The summed E-state index contributed by atoms with van der Waals surface area (Å²) in [6.45, 7) is 0.371. The van der Waals surface area contributed by atoms with Crippen molar-refractivity contribution in [2.75, 3.05) is 14.1 Å². The Hall–Kier alpha value is -4.01. The topological polar surface area (TPSA) is 110 Å². The van der Waals surface area contributed by atoms with Gasteiger partial charge in [-0.05, 0) is 29.8 Å². The number of benzene rings is 2. The van der Waals surface area contributed by atoms with Gasteiger partial charge >= 0.3 is 0 Å². The number of rotatable bonds is 6. The van der Waals surface area contributed by atoms with Crippen LogP contribution in [0.2, 0.25) is 0 Å². The highest BCUT2D eigenvalue weighted by Crippen LogP contribution is 2.16. The van der Waals surface area contributed by atoms with Gasteiger partial charge < -0.3 is 10.2 Å². The molecule has 0 saturated heterocycles. The second-order valence-electron chi connectivity index (χ2n) is 6.38. The molecular weight excluding hydrogens is 374 g/mol. The molecule has 3 rings (SSSR count). The van der Waals surface area contributed by atoms with Gasteiger partial charge in [-0.15, -0.1) is 0 Å². The van der Waals surface area contributed by atoms with Crippen LogP contribution in [0.1, 0.15) is 26.3 Å². The SMILES string of the molecule is CNC(=O)c1ccc(CN(C)C(=O)c2cnn(-c3ccc([N+](=O)[O-])cc3)c2)cc1. The number of hydrogen-bond acceptors (Lipinski definition) is 5. The summed E-state index contributed by atoms with van der Waals surface area (Å²) < 4.78 is 1.49. The highest BCUT2D eigenvalue weighted by molar-refractivity contribution is 5.94. The monoisotopic (exact) mass is 393 g/mol. The number of carbonyl (C=O) groups excluding carboxylic acids is 2. The van der Waals surface area contributed by atoms with Gasteiger partial charge in [0.25, 0.3) is 17.5 Å². The van der Waals surface area contributed by atoms with E-state index in [4.69, 9.17) is 0 Å². The van der Waals surface area contributed by atoms with E-state index in [1.165, 1.54) is 23.0 Å². The van der Waals surface area contributed by atoms with Crippen LogP contribution in [0.3, 0.4) is 0 Å². The van der Waals surface area contributed by atoms with E-state index in [0.29, 0.717) is 23.4 Å². The number of aromatic nitrogens is 2. The predicted octanol–water partition coefficient (Wildman–Crippen LogP) is 2.41. The van der Waals surface area contributed by atoms with Crippen LogP contribution in [-0.2, 0) is 6.54 Å². The molecule has 0 radical (unpaired) electrons. The summed E-state index contributed by atoms with van der Waals surface area (Å²) >= 11 is 0. The van der Waals surface area contributed by atoms with Gasteiger partial charge in [0.1, 0.15) is 0 Å². The van der Waals surface area contributed by atoms with Crippen LogP contribution in [0.4, 0.5) is 5.69 Å². The summed E-state index contributed by atoms with van der Waals surface area (Å²) in [5.41, 5.74) is 2.43. The molecule has 1 N–H and O–H groups in total. The van der Waals surface area contributed by atoms with Crippen LogP contribution >= 0.6 is 0 Å². The van der Waals surface area contributed by atoms with Gasteiger partial charge in [0.05, 0.1) is 22.4 Å². The third-order valence-electron chi connectivity index (χ3n) is 4.36. The van der Waals surface area contributed by atoms with Crippen LogP contribution in [0.25, 0.3) is 5.69 Å². The van der Waals surface area contributed by atoms with Gasteiger partial charge in [0, 0.05) is 44.5 Å². The van der Waals surface area contributed by atoms with Crippen LogP contribution in [0.5, 0.6) is 0 Å². The van der Waals surface area contributed by atoms with E-state index in [2.05, 4.69) is 10.4 Å². The zero-order valence-corrected chi connectivity index (χ0v) is 15.9. The number of amides is 2. The fourth-order valence-electron chi connectivity index (χ4n) is 2.77. The highest BCUT2D eigenvalue weighted by Gasteiger charge is 2.15. The molecule has 0 bridgehead atoms. The van der Waals surface area contributed by atoms with Crippen molar-refractivity contribution in [1.82, 2.24) is 20.0 Å². The molecule has 3 aromatic rings. The zero-order chi connectivity index (χ0) is 21.0. The van der Waals surface area contributed by atoms with Crippen LogP contribution in [0, 0.1) is 10.1 Å². The molecule has 0 spiro atoms. The number of nitro groups is 1. The van der Waals surface area contributed by atoms with Crippen molar-refractivity contribution in [2.24, 2.45) is 0 Å². The van der Waals surface area contributed by atoms with E-state index >= 15 is 0 Å². The minimum Gasteiger partial charge on any atom is -0.355 e. The molecule has 2 aromatic carbocycles. The van der Waals surface area contributed by atoms with E-state index < -0.39 is 4.92 Å². The van der Waals surface area contributed by atoms with Crippen LogP contribution < -0.4 is 5.32 Å². The molecule has 0 aliphatic rings. The van der Waals surface area contributed by atoms with Crippen molar-refractivity contribution in [3.63, 3.8) is 0 Å². The average molecular weight is 393 g/mol. The van der Waals surface area contributed by atoms with Crippen molar-refractivity contribution >= 4 is 17.5 Å². The Morgan fingerprint density at radius 1 is 1.10 bits per heavy atom. The Bertz CT molecular complexity index is 1040. The average Bonchev–Trinajstić information content (AvgIpc) is 3.23. The molecule has 9 heteroatoms. The number of non-ortho nitro benzene ring substituents is 1. The van der Waals surface area contributed by atoms with Gasteiger partial charge in [0.2, 0.25) is 0 Å². The number of nitrogens with zero attached hydrogens (tertiary/aromatic N) is 4. The third-order valence-corrected chi connectivity index (χ3v) is 4.36. The third kappa shape index (κ3) is 4.46. The first kappa shape index (κ1) is 19.7. The number of hydrogen-bond donors (Lipinski definition) is 1. The molecule has 0 aliphatic heterocycles. The summed E-state index contributed by atoms with van der Waals surface area (Å²) in [5, 5.41) is 17.5. The lowest BCUT2D eigenvalue weighted by atomic mass is 10.1. The molecular formula is C20H19N5O4. The van der Waals surface area contributed by atoms with E-state index in [0.717, 1.165) is 5.56 Å². The predicted molar refractivity (Wildman–Crippen MR) is 106 cm³/mol. The van der Waals surface area contributed by atoms with Crippen LogP contribution in [0.15, 0.2) is 60.9 Å². The molecule has 0 unspecified atom stereocenters. The Kier molecular flexibility index (Phi) is 5.68. The normalized spacial score (nSPS) is 10.4.